The monoisotopic (exact) mass is 461 g/mol. The maximum atomic E-state index is 11.2. The predicted molar refractivity (Wildman–Crippen MR) is 100 cm³/mol. The highest BCUT2D eigenvalue weighted by molar-refractivity contribution is 5.73. The van der Waals surface area contributed by atoms with Crippen molar-refractivity contribution in [1.29, 1.82) is 5.26 Å². The van der Waals surface area contributed by atoms with E-state index in [1.54, 1.807) is 0 Å². The topological polar surface area (TPSA) is 235 Å². The summed E-state index contributed by atoms with van der Waals surface area (Å²) < 4.78 is 21.3. The van der Waals surface area contributed by atoms with E-state index in [0.29, 0.717) is 0 Å². The van der Waals surface area contributed by atoms with Gasteiger partial charge in [-0.2, -0.15) is 10.3 Å². The fourth-order valence-corrected chi connectivity index (χ4v) is 1.11. The molecule has 0 heterocycles. The van der Waals surface area contributed by atoms with Crippen molar-refractivity contribution in [3.05, 3.63) is 0 Å². The van der Waals surface area contributed by atoms with Crippen LogP contribution in [0, 0.1) is 11.5 Å². The summed E-state index contributed by atoms with van der Waals surface area (Å²) in [6.45, 7) is 0.739. The second kappa shape index (κ2) is 24.7. The lowest BCUT2D eigenvalue weighted by Gasteiger charge is -2.11. The number of aliphatic imine (C=N–C) groups is 2. The Balaban J connectivity index is -0.000000496. The first-order valence-corrected chi connectivity index (χ1v) is 8.24. The van der Waals surface area contributed by atoms with Gasteiger partial charge in [0.25, 0.3) is 6.26 Å². The molecule has 0 fully saturated rings. The van der Waals surface area contributed by atoms with Crippen LogP contribution in [0.15, 0.2) is 9.98 Å². The van der Waals surface area contributed by atoms with Crippen molar-refractivity contribution in [1.82, 2.24) is 5.32 Å². The Morgan fingerprint density at radius 2 is 1.72 bits per heavy atom. The smallest absolute Gasteiger partial charge is 0.408 e. The number of nitrogens with zero attached hydrogens (tertiary/aromatic N) is 3. The average Bonchev–Trinajstić information content (AvgIpc) is 2.75. The van der Waals surface area contributed by atoms with Gasteiger partial charge in [-0.05, 0) is 0 Å². The first-order valence-electron chi connectivity index (χ1n) is 8.24. The molecule has 1 amide bonds. The summed E-state index contributed by atoms with van der Waals surface area (Å²) in [7, 11) is 2.39. The number of methoxy groups -OCH3 is 2. The van der Waals surface area contributed by atoms with Crippen LogP contribution in [0.5, 0.6) is 0 Å². The number of ether oxygens (including phenoxy) is 5. The summed E-state index contributed by atoms with van der Waals surface area (Å²) in [6.07, 6.45) is 1.59. The van der Waals surface area contributed by atoms with Gasteiger partial charge in [-0.15, -0.1) is 0 Å². The highest BCUT2D eigenvalue weighted by Crippen LogP contribution is 1.97. The number of hydrogen-bond donors (Lipinski definition) is 2. The molecule has 1 atom stereocenters. The Hall–Kier alpha value is -4.31. The van der Waals surface area contributed by atoms with Gasteiger partial charge < -0.3 is 23.7 Å². The van der Waals surface area contributed by atoms with Crippen LogP contribution in [0.25, 0.3) is 0 Å². The molecule has 0 bridgehead atoms. The van der Waals surface area contributed by atoms with Gasteiger partial charge in [-0.25, -0.2) is 19.4 Å². The third-order valence-electron chi connectivity index (χ3n) is 2.39. The number of amides is 1. The number of esters is 3. The zero-order chi connectivity index (χ0) is 25.2. The zero-order valence-electron chi connectivity index (χ0n) is 17.5. The second-order valence-corrected chi connectivity index (χ2v) is 4.55. The Labute approximate surface area is 182 Å². The van der Waals surface area contributed by atoms with E-state index in [4.69, 9.17) is 11.0 Å². The van der Waals surface area contributed by atoms with Crippen LogP contribution in [0.2, 0.25) is 0 Å². The molecule has 0 radical (unpaired) electrons. The molecule has 0 spiro atoms. The van der Waals surface area contributed by atoms with Crippen LogP contribution < -0.4 is 11.1 Å². The molecule has 0 saturated carbocycles. The number of nitrogens with two attached hydrogens (primary N) is 1. The van der Waals surface area contributed by atoms with Crippen molar-refractivity contribution in [3.63, 3.8) is 0 Å². The standard InChI is InChI=1S/C9H12N2O7.C5H7NO3.C2H4N2O/c1-6(13)17-5-18-8(14)3-7(10-4-12)11-9(15)16-2;1-9-5(8)2-3-6-4-7;3-1-5-2-4/h7H,3,5H2,1-2H3,(H,11,15);2-3H2,1H3;1,3H2/t7-;;/m0../s1. The highest BCUT2D eigenvalue weighted by Gasteiger charge is 2.17. The van der Waals surface area contributed by atoms with Crippen molar-refractivity contribution in [2.45, 2.75) is 25.9 Å². The molecule has 0 aromatic heterocycles. The third kappa shape index (κ3) is 27.9. The van der Waals surface area contributed by atoms with E-state index in [1.807, 2.05) is 0 Å². The lowest BCUT2D eigenvalue weighted by atomic mass is 10.3. The fourth-order valence-electron chi connectivity index (χ4n) is 1.11. The SMILES string of the molecule is COC(=O)CCN=C=O.COC(=O)N[C@@H](CC(=O)OCOC(C)=O)N=C=O.N#COCN. The first kappa shape index (κ1) is 32.4. The van der Waals surface area contributed by atoms with E-state index in [9.17, 15) is 28.8 Å². The Morgan fingerprint density at radius 1 is 1.06 bits per heavy atom. The minimum atomic E-state index is -1.15. The summed E-state index contributed by atoms with van der Waals surface area (Å²) in [6, 6.07) is 0. The minimum Gasteiger partial charge on any atom is -0.469 e. The van der Waals surface area contributed by atoms with Crippen molar-refractivity contribution < 1.29 is 52.5 Å². The number of nitriles is 1. The molecule has 0 aromatic carbocycles. The quantitative estimate of drug-likeness (QED) is 0.0966. The number of rotatable bonds is 10. The molecule has 0 aliphatic carbocycles. The van der Waals surface area contributed by atoms with Crippen LogP contribution in [-0.4, -0.2) is 76.6 Å². The molecule has 3 N–H and O–H groups in total. The lowest BCUT2D eigenvalue weighted by Crippen LogP contribution is -2.35. The van der Waals surface area contributed by atoms with Gasteiger partial charge in [-0.3, -0.25) is 25.4 Å². The molecule has 0 unspecified atom stereocenters. The number of alkyl carbamates (subject to hydrolysis) is 1. The van der Waals surface area contributed by atoms with E-state index in [-0.39, 0.29) is 25.7 Å². The molecular weight excluding hydrogens is 438 g/mol. The fraction of sp³-hybridized carbons (Fsp3) is 0.562. The number of isocyanates is 2. The predicted octanol–water partition coefficient (Wildman–Crippen LogP) is -1.26. The van der Waals surface area contributed by atoms with Crippen LogP contribution in [0.1, 0.15) is 19.8 Å². The largest absolute Gasteiger partial charge is 0.469 e. The van der Waals surface area contributed by atoms with Crippen molar-refractivity contribution >= 4 is 36.2 Å². The Morgan fingerprint density at radius 3 is 2.12 bits per heavy atom. The maximum absolute atomic E-state index is 11.2. The highest BCUT2D eigenvalue weighted by atomic mass is 16.7. The zero-order valence-corrected chi connectivity index (χ0v) is 17.5. The van der Waals surface area contributed by atoms with E-state index >= 15 is 0 Å². The number of hydrogen-bond acceptors (Lipinski definition) is 15. The van der Waals surface area contributed by atoms with Gasteiger partial charge in [-0.1, -0.05) is 0 Å². The van der Waals surface area contributed by atoms with E-state index in [1.165, 1.54) is 25.5 Å². The lowest BCUT2D eigenvalue weighted by molar-refractivity contribution is -0.165. The minimum absolute atomic E-state index is 0.0174. The molecule has 0 aromatic rings. The van der Waals surface area contributed by atoms with E-state index in [2.05, 4.69) is 39.0 Å². The number of carbonyl (C=O) groups is 4. The molecule has 0 rings (SSSR count). The van der Waals surface area contributed by atoms with Gasteiger partial charge in [0.1, 0.15) is 6.17 Å². The summed E-state index contributed by atoms with van der Waals surface area (Å²) in [4.78, 5) is 68.5. The van der Waals surface area contributed by atoms with E-state index < -0.39 is 37.4 Å². The summed E-state index contributed by atoms with van der Waals surface area (Å²) in [5, 5.41) is 9.61. The normalized spacial score (nSPS) is 8.97. The molecule has 178 valence electrons. The molecule has 0 aliphatic rings. The summed E-state index contributed by atoms with van der Waals surface area (Å²) in [5.41, 5.74) is 4.69. The molecule has 16 nitrogen and oxygen atoms in total. The van der Waals surface area contributed by atoms with Crippen molar-refractivity contribution in [2.75, 3.05) is 34.3 Å². The molecule has 0 saturated heterocycles. The third-order valence-corrected chi connectivity index (χ3v) is 2.39. The molecule has 32 heavy (non-hydrogen) atoms. The average molecular weight is 461 g/mol. The van der Waals surface area contributed by atoms with Gasteiger partial charge in [0.2, 0.25) is 19.0 Å². The summed E-state index contributed by atoms with van der Waals surface area (Å²) >= 11 is 0. The second-order valence-electron chi connectivity index (χ2n) is 4.55. The summed E-state index contributed by atoms with van der Waals surface area (Å²) in [5.74, 6) is -1.80. The number of nitrogens with one attached hydrogen (secondary N) is 1. The van der Waals surface area contributed by atoms with Gasteiger partial charge in [0.05, 0.1) is 33.6 Å². The van der Waals surface area contributed by atoms with Crippen LogP contribution >= 0.6 is 0 Å². The van der Waals surface area contributed by atoms with Crippen molar-refractivity contribution in [2.24, 2.45) is 15.7 Å². The molecular formula is C16H23N5O11. The van der Waals surface area contributed by atoms with Crippen molar-refractivity contribution in [3.8, 4) is 6.26 Å². The first-order chi connectivity index (χ1) is 15.2. The van der Waals surface area contributed by atoms with Gasteiger partial charge in [0.15, 0.2) is 6.73 Å². The van der Waals surface area contributed by atoms with Gasteiger partial charge in [0, 0.05) is 6.92 Å². The van der Waals surface area contributed by atoms with Crippen LogP contribution in [0.3, 0.4) is 0 Å². The van der Waals surface area contributed by atoms with Gasteiger partial charge >= 0.3 is 24.0 Å². The number of carbonyl (C=O) groups excluding carboxylic acids is 6. The van der Waals surface area contributed by atoms with Crippen LogP contribution in [-0.2, 0) is 47.7 Å². The van der Waals surface area contributed by atoms with Crippen LogP contribution in [0.4, 0.5) is 4.79 Å². The Bertz CT molecular complexity index is 710. The van der Waals surface area contributed by atoms with E-state index in [0.717, 1.165) is 14.0 Å². The molecule has 16 heteroatoms. The maximum Gasteiger partial charge on any atom is 0.408 e. The Kier molecular flexibility index (Phi) is 25.0. The molecule has 0 aliphatic heterocycles.